The molecule has 0 saturated heterocycles. The summed E-state index contributed by atoms with van der Waals surface area (Å²) in [4.78, 5) is 15.1. The molecule has 0 atom stereocenters. The first-order valence-electron chi connectivity index (χ1n) is 5.82. The van der Waals surface area contributed by atoms with Crippen molar-refractivity contribution >= 4 is 23.4 Å². The van der Waals surface area contributed by atoms with Crippen LogP contribution in [0.2, 0.25) is 5.15 Å². The highest BCUT2D eigenvalue weighted by molar-refractivity contribution is 6.29. The van der Waals surface area contributed by atoms with Gasteiger partial charge in [-0.15, -0.1) is 0 Å². The standard InChI is InChI=1S/C12H14ClF3N2O3/c1-11(2,3)21-10(19)17-7-4-8(13)18-9(5-7)20-6-12(14,15)16/h4-5H,6H2,1-3H3,(H,17,18,19). The molecule has 1 rings (SSSR count). The van der Waals surface area contributed by atoms with Crippen LogP contribution in [0.15, 0.2) is 12.1 Å². The molecule has 0 radical (unpaired) electrons. The van der Waals surface area contributed by atoms with Crippen molar-refractivity contribution in [1.29, 1.82) is 0 Å². The molecule has 9 heteroatoms. The van der Waals surface area contributed by atoms with E-state index in [1.807, 2.05) is 0 Å². The minimum absolute atomic E-state index is 0.112. The molecule has 1 N–H and O–H groups in total. The number of pyridine rings is 1. The lowest BCUT2D eigenvalue weighted by molar-refractivity contribution is -0.154. The van der Waals surface area contributed by atoms with E-state index in [-0.39, 0.29) is 16.7 Å². The number of nitrogens with zero attached hydrogens (tertiary/aromatic N) is 1. The van der Waals surface area contributed by atoms with Gasteiger partial charge in [0.05, 0.1) is 5.69 Å². The highest BCUT2D eigenvalue weighted by atomic mass is 35.5. The fourth-order valence-corrected chi connectivity index (χ4v) is 1.40. The van der Waals surface area contributed by atoms with Crippen molar-refractivity contribution in [3.63, 3.8) is 0 Å². The summed E-state index contributed by atoms with van der Waals surface area (Å²) in [6, 6.07) is 2.37. The van der Waals surface area contributed by atoms with Gasteiger partial charge in [0.2, 0.25) is 5.88 Å². The number of hydrogen-bond acceptors (Lipinski definition) is 4. The zero-order valence-corrected chi connectivity index (χ0v) is 12.3. The van der Waals surface area contributed by atoms with E-state index in [0.29, 0.717) is 0 Å². The molecule has 5 nitrogen and oxygen atoms in total. The summed E-state index contributed by atoms with van der Waals surface area (Å²) >= 11 is 5.65. The predicted molar refractivity (Wildman–Crippen MR) is 70.7 cm³/mol. The first-order valence-corrected chi connectivity index (χ1v) is 6.19. The van der Waals surface area contributed by atoms with E-state index in [2.05, 4.69) is 15.0 Å². The van der Waals surface area contributed by atoms with E-state index in [4.69, 9.17) is 16.3 Å². The lowest BCUT2D eigenvalue weighted by Gasteiger charge is -2.19. The maximum Gasteiger partial charge on any atom is 0.422 e. The molecule has 0 aromatic carbocycles. The van der Waals surface area contributed by atoms with Crippen molar-refractivity contribution < 1.29 is 27.4 Å². The van der Waals surface area contributed by atoms with Crippen LogP contribution in [0.25, 0.3) is 0 Å². The monoisotopic (exact) mass is 326 g/mol. The minimum atomic E-state index is -4.50. The number of carbonyl (C=O) groups excluding carboxylic acids is 1. The molecule has 1 aromatic rings. The summed E-state index contributed by atoms with van der Waals surface area (Å²) in [5.74, 6) is -0.356. The highest BCUT2D eigenvalue weighted by Gasteiger charge is 2.28. The zero-order chi connectivity index (χ0) is 16.3. The Hall–Kier alpha value is -1.70. The van der Waals surface area contributed by atoms with Crippen LogP contribution in [-0.2, 0) is 4.74 Å². The van der Waals surface area contributed by atoms with Crippen LogP contribution in [0.4, 0.5) is 23.7 Å². The SMILES string of the molecule is CC(C)(C)OC(=O)Nc1cc(Cl)nc(OCC(F)(F)F)c1. The van der Waals surface area contributed by atoms with E-state index >= 15 is 0 Å². The topological polar surface area (TPSA) is 60.5 Å². The molecule has 0 fully saturated rings. The smallest absolute Gasteiger partial charge is 0.422 e. The first-order chi connectivity index (χ1) is 9.44. The minimum Gasteiger partial charge on any atom is -0.468 e. The molecule has 0 aliphatic heterocycles. The highest BCUT2D eigenvalue weighted by Crippen LogP contribution is 2.23. The molecule has 1 amide bonds. The molecule has 0 bridgehead atoms. The maximum absolute atomic E-state index is 12.1. The number of amides is 1. The molecule has 0 unspecified atom stereocenters. The number of anilines is 1. The van der Waals surface area contributed by atoms with Gasteiger partial charge in [0.15, 0.2) is 6.61 Å². The third kappa shape index (κ3) is 7.60. The Morgan fingerprint density at radius 1 is 1.33 bits per heavy atom. The van der Waals surface area contributed by atoms with E-state index < -0.39 is 24.5 Å². The lowest BCUT2D eigenvalue weighted by atomic mass is 10.2. The van der Waals surface area contributed by atoms with Crippen molar-refractivity contribution in [3.05, 3.63) is 17.3 Å². The van der Waals surface area contributed by atoms with Crippen LogP contribution in [0.3, 0.4) is 0 Å². The second-order valence-electron chi connectivity index (χ2n) is 5.05. The summed E-state index contributed by atoms with van der Waals surface area (Å²) in [6.45, 7) is 3.50. The number of hydrogen-bond donors (Lipinski definition) is 1. The Morgan fingerprint density at radius 3 is 2.48 bits per heavy atom. The first kappa shape index (κ1) is 17.4. The van der Waals surface area contributed by atoms with E-state index in [1.165, 1.54) is 6.07 Å². The van der Waals surface area contributed by atoms with Crippen molar-refractivity contribution in [2.75, 3.05) is 11.9 Å². The molecular formula is C12H14ClF3N2O3. The average molecular weight is 327 g/mol. The van der Waals surface area contributed by atoms with Gasteiger partial charge >= 0.3 is 12.3 Å². The van der Waals surface area contributed by atoms with Gasteiger partial charge in [-0.25, -0.2) is 9.78 Å². The van der Waals surface area contributed by atoms with Crippen molar-refractivity contribution in [3.8, 4) is 5.88 Å². The maximum atomic E-state index is 12.1. The summed E-state index contributed by atoms with van der Waals surface area (Å²) in [6.07, 6.45) is -5.27. The van der Waals surface area contributed by atoms with Crippen molar-refractivity contribution in [2.24, 2.45) is 0 Å². The van der Waals surface area contributed by atoms with Crippen molar-refractivity contribution in [1.82, 2.24) is 4.98 Å². The zero-order valence-electron chi connectivity index (χ0n) is 11.5. The Labute approximate surface area is 124 Å². The van der Waals surface area contributed by atoms with Gasteiger partial charge in [0.25, 0.3) is 0 Å². The molecule has 0 aliphatic carbocycles. The van der Waals surface area contributed by atoms with Gasteiger partial charge in [-0.1, -0.05) is 11.6 Å². The molecule has 1 aromatic heterocycles. The number of ether oxygens (including phenoxy) is 2. The molecular weight excluding hydrogens is 313 g/mol. The fraction of sp³-hybridized carbons (Fsp3) is 0.500. The number of rotatable bonds is 3. The fourth-order valence-electron chi connectivity index (χ4n) is 1.20. The lowest BCUT2D eigenvalue weighted by Crippen LogP contribution is -2.27. The average Bonchev–Trinajstić information content (AvgIpc) is 2.21. The van der Waals surface area contributed by atoms with Crippen LogP contribution >= 0.6 is 11.6 Å². The number of halogens is 4. The van der Waals surface area contributed by atoms with Crippen LogP contribution < -0.4 is 10.1 Å². The Bertz CT molecular complexity index is 515. The molecule has 21 heavy (non-hydrogen) atoms. The molecule has 0 spiro atoms. The van der Waals surface area contributed by atoms with E-state index in [9.17, 15) is 18.0 Å². The van der Waals surface area contributed by atoms with Crippen LogP contribution in [0, 0.1) is 0 Å². The Balaban J connectivity index is 2.75. The van der Waals surface area contributed by atoms with Crippen LogP contribution in [0.5, 0.6) is 5.88 Å². The van der Waals surface area contributed by atoms with Gasteiger partial charge in [-0.05, 0) is 26.8 Å². The molecule has 0 aliphatic rings. The summed E-state index contributed by atoms with van der Waals surface area (Å²) < 4.78 is 45.7. The largest absolute Gasteiger partial charge is 0.468 e. The number of aromatic nitrogens is 1. The quantitative estimate of drug-likeness (QED) is 0.852. The predicted octanol–water partition coefficient (Wildman–Crippen LogP) is 4.02. The number of alkyl halides is 3. The second kappa shape index (κ2) is 6.38. The van der Waals surface area contributed by atoms with Gasteiger partial charge < -0.3 is 9.47 Å². The summed E-state index contributed by atoms with van der Waals surface area (Å²) in [5, 5.41) is 2.21. The van der Waals surface area contributed by atoms with Crippen molar-refractivity contribution in [2.45, 2.75) is 32.5 Å². The van der Waals surface area contributed by atoms with Gasteiger partial charge in [0.1, 0.15) is 10.8 Å². The van der Waals surface area contributed by atoms with Gasteiger partial charge in [0, 0.05) is 6.07 Å². The Morgan fingerprint density at radius 2 is 1.95 bits per heavy atom. The summed E-state index contributed by atoms with van der Waals surface area (Å²) in [7, 11) is 0. The van der Waals surface area contributed by atoms with E-state index in [1.54, 1.807) is 20.8 Å². The van der Waals surface area contributed by atoms with Crippen LogP contribution in [-0.4, -0.2) is 29.5 Å². The second-order valence-corrected chi connectivity index (χ2v) is 5.43. The van der Waals surface area contributed by atoms with Gasteiger partial charge in [-0.3, -0.25) is 5.32 Å². The molecule has 0 saturated carbocycles. The summed E-state index contributed by atoms with van der Waals surface area (Å²) in [5.41, 5.74) is -0.599. The molecule has 1 heterocycles. The third-order valence-electron chi connectivity index (χ3n) is 1.80. The normalized spacial score (nSPS) is 12.0. The molecule has 118 valence electrons. The third-order valence-corrected chi connectivity index (χ3v) is 1.99. The Kier molecular flexibility index (Phi) is 5.27. The van der Waals surface area contributed by atoms with E-state index in [0.717, 1.165) is 6.07 Å². The number of nitrogens with one attached hydrogen (secondary N) is 1. The van der Waals surface area contributed by atoms with Gasteiger partial charge in [-0.2, -0.15) is 13.2 Å². The van der Waals surface area contributed by atoms with Crippen LogP contribution in [0.1, 0.15) is 20.8 Å². The number of carbonyl (C=O) groups is 1.